The Kier molecular flexibility index (Phi) is 2.69. The van der Waals surface area contributed by atoms with Crippen molar-refractivity contribution in [2.75, 3.05) is 5.32 Å². The van der Waals surface area contributed by atoms with Gasteiger partial charge in [0.2, 0.25) is 0 Å². The monoisotopic (exact) mass is 179 g/mol. The van der Waals surface area contributed by atoms with E-state index < -0.39 is 11.7 Å². The van der Waals surface area contributed by atoms with E-state index in [1.807, 2.05) is 13.8 Å². The molecule has 0 saturated carbocycles. The van der Waals surface area contributed by atoms with Crippen LogP contribution >= 0.6 is 0 Å². The molecule has 1 N–H and O–H groups in total. The van der Waals surface area contributed by atoms with Gasteiger partial charge in [-0.25, -0.2) is 9.97 Å². The number of anilines is 1. The Morgan fingerprint density at radius 3 is 2.62 bits per heavy atom. The van der Waals surface area contributed by atoms with Gasteiger partial charge in [0.25, 0.3) is 11.7 Å². The first-order valence-corrected chi connectivity index (χ1v) is 3.95. The first-order valence-electron chi connectivity index (χ1n) is 3.95. The van der Waals surface area contributed by atoms with Gasteiger partial charge in [-0.1, -0.05) is 13.8 Å². The van der Waals surface area contributed by atoms with Crippen LogP contribution < -0.4 is 5.32 Å². The number of Topliss-reactive ketones (excluding diaryl/α,β-unsaturated/α-hetero) is 1. The second-order valence-corrected chi connectivity index (χ2v) is 2.07. The summed E-state index contributed by atoms with van der Waals surface area (Å²) in [4.78, 5) is 28.9. The fourth-order valence-corrected chi connectivity index (χ4v) is 0.882. The number of amides is 1. The fraction of sp³-hybridized carbons (Fsp3) is 0.250. The van der Waals surface area contributed by atoms with E-state index in [9.17, 15) is 9.59 Å². The fourth-order valence-electron chi connectivity index (χ4n) is 0.882. The molecule has 0 spiro atoms. The molecule has 0 saturated heterocycles. The molecule has 1 aliphatic rings. The van der Waals surface area contributed by atoms with Gasteiger partial charge in [-0.15, -0.1) is 0 Å². The number of carbonyl (C=O) groups excluding carboxylic acids is 2. The molecule has 0 fully saturated rings. The largest absolute Gasteiger partial charge is 0.303 e. The van der Waals surface area contributed by atoms with Crippen molar-refractivity contribution < 1.29 is 9.59 Å². The normalized spacial score (nSPS) is 12.8. The summed E-state index contributed by atoms with van der Waals surface area (Å²) < 4.78 is 0. The Hall–Kier alpha value is -1.78. The molecule has 0 aromatic carbocycles. The number of nitrogens with zero attached hydrogens (tertiary/aromatic N) is 2. The van der Waals surface area contributed by atoms with E-state index in [-0.39, 0.29) is 5.56 Å². The maximum absolute atomic E-state index is 10.9. The van der Waals surface area contributed by atoms with E-state index in [1.165, 1.54) is 12.5 Å². The zero-order chi connectivity index (χ0) is 9.84. The summed E-state index contributed by atoms with van der Waals surface area (Å²) >= 11 is 0. The average molecular weight is 179 g/mol. The lowest BCUT2D eigenvalue weighted by Gasteiger charge is -1.89. The Bertz CT molecular complexity index is 349. The maximum Gasteiger partial charge on any atom is 0.298 e. The van der Waals surface area contributed by atoms with Gasteiger partial charge < -0.3 is 5.32 Å². The Balaban J connectivity index is 0.000000396. The molecule has 1 amide bonds. The van der Waals surface area contributed by atoms with Crippen LogP contribution in [0.15, 0.2) is 12.5 Å². The molecule has 1 aromatic rings. The summed E-state index contributed by atoms with van der Waals surface area (Å²) in [6.45, 7) is 4.00. The SMILES string of the molecule is CC.O=C1Nc2ncncc2C1=O. The van der Waals surface area contributed by atoms with Crippen molar-refractivity contribution in [1.82, 2.24) is 9.97 Å². The second-order valence-electron chi connectivity index (χ2n) is 2.07. The van der Waals surface area contributed by atoms with Crippen LogP contribution in [-0.2, 0) is 4.79 Å². The van der Waals surface area contributed by atoms with Crippen LogP contribution in [0.4, 0.5) is 5.82 Å². The minimum Gasteiger partial charge on any atom is -0.303 e. The Morgan fingerprint density at radius 1 is 1.31 bits per heavy atom. The van der Waals surface area contributed by atoms with Crippen LogP contribution in [0.1, 0.15) is 24.2 Å². The third-order valence-electron chi connectivity index (χ3n) is 1.40. The minimum atomic E-state index is -0.638. The van der Waals surface area contributed by atoms with Crippen LogP contribution in [0.3, 0.4) is 0 Å². The van der Waals surface area contributed by atoms with Crippen LogP contribution in [0.5, 0.6) is 0 Å². The highest BCUT2D eigenvalue weighted by Gasteiger charge is 2.28. The van der Waals surface area contributed by atoms with Crippen LogP contribution in [-0.4, -0.2) is 21.7 Å². The maximum atomic E-state index is 10.9. The lowest BCUT2D eigenvalue weighted by molar-refractivity contribution is -0.112. The lowest BCUT2D eigenvalue weighted by atomic mass is 10.2. The molecule has 0 aliphatic carbocycles. The van der Waals surface area contributed by atoms with E-state index in [1.54, 1.807) is 0 Å². The molecule has 0 bridgehead atoms. The quantitative estimate of drug-likeness (QED) is 0.593. The predicted octanol–water partition coefficient (Wildman–Crippen LogP) is 0.638. The smallest absolute Gasteiger partial charge is 0.298 e. The average Bonchev–Trinajstić information content (AvgIpc) is 2.47. The molecule has 68 valence electrons. The number of carbonyl (C=O) groups is 2. The molecule has 0 atom stereocenters. The topological polar surface area (TPSA) is 72.0 Å². The molecule has 1 aliphatic heterocycles. The molecule has 2 rings (SSSR count). The summed E-state index contributed by atoms with van der Waals surface area (Å²) in [5.41, 5.74) is 0.248. The summed E-state index contributed by atoms with van der Waals surface area (Å²) in [7, 11) is 0. The Labute approximate surface area is 75.2 Å². The van der Waals surface area contributed by atoms with Crippen molar-refractivity contribution in [1.29, 1.82) is 0 Å². The molecular weight excluding hydrogens is 170 g/mol. The van der Waals surface area contributed by atoms with E-state index in [4.69, 9.17) is 0 Å². The lowest BCUT2D eigenvalue weighted by Crippen LogP contribution is -2.12. The molecule has 0 unspecified atom stereocenters. The van der Waals surface area contributed by atoms with E-state index >= 15 is 0 Å². The zero-order valence-corrected chi connectivity index (χ0v) is 7.37. The summed E-state index contributed by atoms with van der Waals surface area (Å²) in [5.74, 6) is -0.906. The highest BCUT2D eigenvalue weighted by atomic mass is 16.2. The summed E-state index contributed by atoms with van der Waals surface area (Å²) in [6.07, 6.45) is 2.60. The number of rotatable bonds is 0. The first kappa shape index (κ1) is 9.31. The van der Waals surface area contributed by atoms with Gasteiger partial charge in [0, 0.05) is 6.20 Å². The van der Waals surface area contributed by atoms with Gasteiger partial charge in [-0.2, -0.15) is 0 Å². The number of hydrogen-bond donors (Lipinski definition) is 1. The number of fused-ring (bicyclic) bond motifs is 1. The summed E-state index contributed by atoms with van der Waals surface area (Å²) in [5, 5.41) is 2.31. The standard InChI is InChI=1S/C6H3N3O2.C2H6/c10-4-3-1-7-2-8-5(3)9-6(4)11;1-2/h1-2H,(H,7,8,9,10,11);1-2H3. The molecular formula is C8H9N3O2. The van der Waals surface area contributed by atoms with Gasteiger partial charge in [-0.3, -0.25) is 9.59 Å². The molecule has 2 heterocycles. The highest BCUT2D eigenvalue weighted by molar-refractivity contribution is 6.51. The van der Waals surface area contributed by atoms with Crippen molar-refractivity contribution in [2.24, 2.45) is 0 Å². The highest BCUT2D eigenvalue weighted by Crippen LogP contribution is 2.17. The third-order valence-corrected chi connectivity index (χ3v) is 1.40. The molecule has 13 heavy (non-hydrogen) atoms. The van der Waals surface area contributed by atoms with Crippen molar-refractivity contribution in [3.63, 3.8) is 0 Å². The van der Waals surface area contributed by atoms with Gasteiger partial charge in [0.1, 0.15) is 12.1 Å². The van der Waals surface area contributed by atoms with Gasteiger partial charge >= 0.3 is 0 Å². The molecule has 5 nitrogen and oxygen atoms in total. The summed E-state index contributed by atoms with van der Waals surface area (Å²) in [6, 6.07) is 0. The first-order chi connectivity index (χ1) is 6.29. The van der Waals surface area contributed by atoms with E-state index in [0.29, 0.717) is 5.82 Å². The van der Waals surface area contributed by atoms with Crippen molar-refractivity contribution in [2.45, 2.75) is 13.8 Å². The number of ketones is 1. The van der Waals surface area contributed by atoms with Crippen molar-refractivity contribution in [3.8, 4) is 0 Å². The van der Waals surface area contributed by atoms with Crippen molar-refractivity contribution in [3.05, 3.63) is 18.1 Å². The molecule has 0 radical (unpaired) electrons. The van der Waals surface area contributed by atoms with Crippen LogP contribution in [0, 0.1) is 0 Å². The number of hydrogen-bond acceptors (Lipinski definition) is 4. The minimum absolute atomic E-state index is 0.248. The predicted molar refractivity (Wildman–Crippen MR) is 46.3 cm³/mol. The van der Waals surface area contributed by atoms with Crippen LogP contribution in [0.2, 0.25) is 0 Å². The second kappa shape index (κ2) is 3.75. The molecule has 5 heteroatoms. The zero-order valence-electron chi connectivity index (χ0n) is 7.37. The number of nitrogens with one attached hydrogen (secondary N) is 1. The molecule has 1 aromatic heterocycles. The number of aromatic nitrogens is 2. The third kappa shape index (κ3) is 1.53. The Morgan fingerprint density at radius 2 is 2.00 bits per heavy atom. The van der Waals surface area contributed by atoms with Crippen molar-refractivity contribution >= 4 is 17.5 Å². The van der Waals surface area contributed by atoms with Gasteiger partial charge in [0.05, 0.1) is 5.56 Å². The van der Waals surface area contributed by atoms with Gasteiger partial charge in [0.15, 0.2) is 0 Å². The van der Waals surface area contributed by atoms with E-state index in [0.717, 1.165) is 0 Å². The van der Waals surface area contributed by atoms with E-state index in [2.05, 4.69) is 15.3 Å². The van der Waals surface area contributed by atoms with Gasteiger partial charge in [-0.05, 0) is 0 Å². The van der Waals surface area contributed by atoms with Crippen LogP contribution in [0.25, 0.3) is 0 Å².